The van der Waals surface area contributed by atoms with E-state index in [1.165, 1.54) is 19.1 Å². The highest BCUT2D eigenvalue weighted by Crippen LogP contribution is 2.53. The summed E-state index contributed by atoms with van der Waals surface area (Å²) in [5.74, 6) is 1.57. The van der Waals surface area contributed by atoms with Crippen LogP contribution in [-0.2, 0) is 4.79 Å². The van der Waals surface area contributed by atoms with Crippen molar-refractivity contribution in [3.05, 3.63) is 0 Å². The molecular weight excluding hydrogens is 248 g/mol. The predicted octanol–water partition coefficient (Wildman–Crippen LogP) is 4.60. The molecule has 0 spiro atoms. The summed E-state index contributed by atoms with van der Waals surface area (Å²) < 4.78 is 0. The van der Waals surface area contributed by atoms with E-state index in [4.69, 9.17) is 0 Å². The van der Waals surface area contributed by atoms with Gasteiger partial charge in [0.15, 0.2) is 0 Å². The number of rotatable bonds is 8. The smallest absolute Gasteiger partial charge is 0.123 e. The van der Waals surface area contributed by atoms with Crippen molar-refractivity contribution in [1.82, 2.24) is 0 Å². The lowest BCUT2D eigenvalue weighted by molar-refractivity contribution is -0.114. The molecule has 2 heteroatoms. The van der Waals surface area contributed by atoms with Crippen molar-refractivity contribution in [2.24, 2.45) is 23.2 Å². The van der Waals surface area contributed by atoms with Gasteiger partial charge in [-0.05, 0) is 56.8 Å². The van der Waals surface area contributed by atoms with E-state index in [0.717, 1.165) is 32.1 Å². The van der Waals surface area contributed by atoms with Crippen LogP contribution in [0.2, 0.25) is 0 Å². The summed E-state index contributed by atoms with van der Waals surface area (Å²) in [6, 6.07) is 0. The van der Waals surface area contributed by atoms with Crippen LogP contribution in [0.5, 0.6) is 0 Å². The van der Waals surface area contributed by atoms with Crippen LogP contribution < -0.4 is 0 Å². The van der Waals surface area contributed by atoms with E-state index in [1.54, 1.807) is 0 Å². The van der Waals surface area contributed by atoms with Crippen molar-refractivity contribution < 1.29 is 9.90 Å². The minimum Gasteiger partial charge on any atom is -0.390 e. The predicted molar refractivity (Wildman–Crippen MR) is 84.6 cm³/mol. The van der Waals surface area contributed by atoms with Gasteiger partial charge in [-0.2, -0.15) is 0 Å². The minimum atomic E-state index is -0.548. The zero-order chi connectivity index (χ0) is 15.4. The second-order valence-corrected chi connectivity index (χ2v) is 7.86. The Morgan fingerprint density at radius 1 is 1.40 bits per heavy atom. The maximum atomic E-state index is 11.4. The Morgan fingerprint density at radius 3 is 2.55 bits per heavy atom. The standard InChI is InChI=1S/C18H34O2/c1-6-11-18(5)15(13-19)9-10-16(18)14(2)8-7-12-17(3,4)20/h13-16,20H,6-12H2,1-5H3/t14-,15+,16-,18+/m1/s1. The second kappa shape index (κ2) is 7.06. The third kappa shape index (κ3) is 4.31. The summed E-state index contributed by atoms with van der Waals surface area (Å²) in [4.78, 5) is 11.4. The van der Waals surface area contributed by atoms with E-state index in [2.05, 4.69) is 20.8 Å². The van der Waals surface area contributed by atoms with Gasteiger partial charge in [0.05, 0.1) is 5.60 Å². The molecular formula is C18H34O2. The Morgan fingerprint density at radius 2 is 2.05 bits per heavy atom. The summed E-state index contributed by atoms with van der Waals surface area (Å²) in [6.45, 7) is 10.7. The van der Waals surface area contributed by atoms with Gasteiger partial charge < -0.3 is 9.90 Å². The molecule has 118 valence electrons. The van der Waals surface area contributed by atoms with Crippen molar-refractivity contribution >= 4 is 6.29 Å². The molecule has 0 heterocycles. The van der Waals surface area contributed by atoms with Gasteiger partial charge in [0.25, 0.3) is 0 Å². The molecule has 0 aromatic rings. The summed E-state index contributed by atoms with van der Waals surface area (Å²) in [7, 11) is 0. The van der Waals surface area contributed by atoms with Crippen LogP contribution in [0.3, 0.4) is 0 Å². The highest BCUT2D eigenvalue weighted by Gasteiger charge is 2.47. The van der Waals surface area contributed by atoms with Crippen LogP contribution in [0.25, 0.3) is 0 Å². The molecule has 1 N–H and O–H groups in total. The fraction of sp³-hybridized carbons (Fsp3) is 0.944. The summed E-state index contributed by atoms with van der Waals surface area (Å²) in [5.41, 5.74) is -0.349. The normalized spacial score (nSPS) is 32.3. The monoisotopic (exact) mass is 282 g/mol. The molecule has 0 unspecified atom stereocenters. The molecule has 4 atom stereocenters. The van der Waals surface area contributed by atoms with Crippen molar-refractivity contribution in [2.45, 2.75) is 85.2 Å². The molecule has 0 aromatic carbocycles. The summed E-state index contributed by atoms with van der Waals surface area (Å²) >= 11 is 0. The van der Waals surface area contributed by atoms with Crippen molar-refractivity contribution in [2.75, 3.05) is 0 Å². The molecule has 0 amide bonds. The van der Waals surface area contributed by atoms with Crippen molar-refractivity contribution in [3.8, 4) is 0 Å². The SMILES string of the molecule is CCC[C@@]1(C)[C@H](C=O)CC[C@@H]1[C@H](C)CCCC(C)(C)O. The van der Waals surface area contributed by atoms with Gasteiger partial charge >= 0.3 is 0 Å². The Balaban J connectivity index is 2.61. The Hall–Kier alpha value is -0.370. The van der Waals surface area contributed by atoms with Gasteiger partial charge in [-0.15, -0.1) is 0 Å². The maximum Gasteiger partial charge on any atom is 0.123 e. The van der Waals surface area contributed by atoms with Crippen LogP contribution in [0.4, 0.5) is 0 Å². The van der Waals surface area contributed by atoms with Gasteiger partial charge in [0.2, 0.25) is 0 Å². The highest BCUT2D eigenvalue weighted by atomic mass is 16.3. The van der Waals surface area contributed by atoms with E-state index in [9.17, 15) is 9.90 Å². The van der Waals surface area contributed by atoms with Crippen molar-refractivity contribution in [1.29, 1.82) is 0 Å². The summed E-state index contributed by atoms with van der Waals surface area (Å²) in [6.07, 6.45) is 8.91. The maximum absolute atomic E-state index is 11.4. The van der Waals surface area contributed by atoms with E-state index < -0.39 is 5.60 Å². The number of carbonyl (C=O) groups excluding carboxylic acids is 1. The zero-order valence-electron chi connectivity index (χ0n) is 14.1. The Kier molecular flexibility index (Phi) is 6.25. The quantitative estimate of drug-likeness (QED) is 0.661. The molecule has 1 aliphatic rings. The first kappa shape index (κ1) is 17.7. The van der Waals surface area contributed by atoms with Crippen LogP contribution in [0.15, 0.2) is 0 Å². The first-order valence-corrected chi connectivity index (χ1v) is 8.42. The lowest BCUT2D eigenvalue weighted by atomic mass is 9.66. The molecule has 0 aromatic heterocycles. The summed E-state index contributed by atoms with van der Waals surface area (Å²) in [5, 5.41) is 9.82. The Labute approximate surface area is 125 Å². The zero-order valence-corrected chi connectivity index (χ0v) is 14.1. The molecule has 0 bridgehead atoms. The number of aldehydes is 1. The third-order valence-electron chi connectivity index (χ3n) is 5.57. The second-order valence-electron chi connectivity index (χ2n) is 7.86. The lowest BCUT2D eigenvalue weighted by Gasteiger charge is -2.38. The molecule has 0 saturated heterocycles. The number of hydrogen-bond acceptors (Lipinski definition) is 2. The number of carbonyl (C=O) groups is 1. The van der Waals surface area contributed by atoms with E-state index in [0.29, 0.717) is 11.8 Å². The fourth-order valence-electron chi connectivity index (χ4n) is 4.42. The van der Waals surface area contributed by atoms with Gasteiger partial charge in [0, 0.05) is 5.92 Å². The molecule has 1 aliphatic carbocycles. The molecule has 1 rings (SSSR count). The fourth-order valence-corrected chi connectivity index (χ4v) is 4.42. The molecule has 1 saturated carbocycles. The molecule has 0 radical (unpaired) electrons. The number of hydrogen-bond donors (Lipinski definition) is 1. The van der Waals surface area contributed by atoms with Gasteiger partial charge in [0.1, 0.15) is 6.29 Å². The topological polar surface area (TPSA) is 37.3 Å². The van der Waals surface area contributed by atoms with E-state index in [1.807, 2.05) is 13.8 Å². The van der Waals surface area contributed by atoms with Crippen LogP contribution >= 0.6 is 0 Å². The first-order valence-electron chi connectivity index (χ1n) is 8.42. The highest BCUT2D eigenvalue weighted by molar-refractivity contribution is 5.56. The van der Waals surface area contributed by atoms with E-state index in [-0.39, 0.29) is 11.3 Å². The first-order chi connectivity index (χ1) is 9.24. The molecule has 2 nitrogen and oxygen atoms in total. The lowest BCUT2D eigenvalue weighted by Crippen LogP contribution is -2.33. The molecule has 1 fully saturated rings. The number of aliphatic hydroxyl groups is 1. The minimum absolute atomic E-state index is 0.199. The van der Waals surface area contributed by atoms with Gasteiger partial charge in [-0.3, -0.25) is 0 Å². The molecule has 20 heavy (non-hydrogen) atoms. The molecule has 0 aliphatic heterocycles. The van der Waals surface area contributed by atoms with Crippen LogP contribution in [0, 0.1) is 23.2 Å². The van der Waals surface area contributed by atoms with Gasteiger partial charge in [-0.25, -0.2) is 0 Å². The Bertz CT molecular complexity index is 305. The van der Waals surface area contributed by atoms with E-state index >= 15 is 0 Å². The average molecular weight is 282 g/mol. The van der Waals surface area contributed by atoms with Crippen LogP contribution in [0.1, 0.15) is 79.6 Å². The van der Waals surface area contributed by atoms with Gasteiger partial charge in [-0.1, -0.05) is 40.0 Å². The third-order valence-corrected chi connectivity index (χ3v) is 5.57. The van der Waals surface area contributed by atoms with Crippen LogP contribution in [-0.4, -0.2) is 17.0 Å². The average Bonchev–Trinajstić information content (AvgIpc) is 2.64. The largest absolute Gasteiger partial charge is 0.390 e. The van der Waals surface area contributed by atoms with Crippen molar-refractivity contribution in [3.63, 3.8) is 0 Å².